The fourth-order valence-electron chi connectivity index (χ4n) is 3.30. The standard InChI is InChI=1S/C23H17N3O3S/c27-21(24-16-10-11-19-20(12-16)29-14-28-19)13-30-23-18-9-5-4-8-17(18)22(25-26-23)15-6-2-1-3-7-15/h1-12H,13-14H2,(H,24,27). The first-order valence-electron chi connectivity index (χ1n) is 9.41. The number of carbonyl (C=O) groups excluding carboxylic acids is 1. The number of fused-ring (bicyclic) bond motifs is 2. The molecule has 4 aromatic rings. The summed E-state index contributed by atoms with van der Waals surface area (Å²) < 4.78 is 10.6. The third-order valence-electron chi connectivity index (χ3n) is 4.70. The Bertz CT molecular complexity index is 1230. The summed E-state index contributed by atoms with van der Waals surface area (Å²) >= 11 is 1.37. The molecule has 7 heteroatoms. The number of benzene rings is 3. The van der Waals surface area contributed by atoms with Crippen LogP contribution in [0.2, 0.25) is 0 Å². The predicted octanol–water partition coefficient (Wildman–Crippen LogP) is 4.76. The monoisotopic (exact) mass is 415 g/mol. The summed E-state index contributed by atoms with van der Waals surface area (Å²) in [6, 6.07) is 23.3. The van der Waals surface area contributed by atoms with Crippen LogP contribution in [0, 0.1) is 0 Å². The Kier molecular flexibility index (Phi) is 4.94. The lowest BCUT2D eigenvalue weighted by Gasteiger charge is -2.09. The van der Waals surface area contributed by atoms with Gasteiger partial charge < -0.3 is 14.8 Å². The first-order chi connectivity index (χ1) is 14.8. The molecule has 0 bridgehead atoms. The van der Waals surface area contributed by atoms with E-state index in [9.17, 15) is 4.79 Å². The van der Waals surface area contributed by atoms with Crippen molar-refractivity contribution in [3.05, 3.63) is 72.8 Å². The van der Waals surface area contributed by atoms with Crippen LogP contribution in [0.5, 0.6) is 11.5 Å². The molecule has 2 heterocycles. The Labute approximate surface area is 177 Å². The quantitative estimate of drug-likeness (QED) is 0.474. The molecule has 5 rings (SSSR count). The Morgan fingerprint density at radius 2 is 1.67 bits per heavy atom. The smallest absolute Gasteiger partial charge is 0.234 e. The molecule has 0 saturated carbocycles. The second-order valence-corrected chi connectivity index (χ2v) is 7.63. The summed E-state index contributed by atoms with van der Waals surface area (Å²) in [6.07, 6.45) is 0. The van der Waals surface area contributed by atoms with E-state index in [4.69, 9.17) is 9.47 Å². The summed E-state index contributed by atoms with van der Waals surface area (Å²) in [5.74, 6) is 1.41. The Morgan fingerprint density at radius 3 is 2.53 bits per heavy atom. The first-order valence-corrected chi connectivity index (χ1v) is 10.4. The Morgan fingerprint density at radius 1 is 0.900 bits per heavy atom. The molecule has 0 spiro atoms. The van der Waals surface area contributed by atoms with E-state index in [1.54, 1.807) is 18.2 Å². The van der Waals surface area contributed by atoms with Crippen LogP contribution in [0.4, 0.5) is 5.69 Å². The Balaban J connectivity index is 1.34. The maximum absolute atomic E-state index is 12.5. The normalized spacial score (nSPS) is 12.1. The van der Waals surface area contributed by atoms with Gasteiger partial charge in [-0.25, -0.2) is 0 Å². The van der Waals surface area contributed by atoms with Crippen molar-refractivity contribution in [1.29, 1.82) is 0 Å². The fourth-order valence-corrected chi connectivity index (χ4v) is 4.07. The fraction of sp³-hybridized carbons (Fsp3) is 0.0870. The molecular weight excluding hydrogens is 398 g/mol. The largest absolute Gasteiger partial charge is 0.454 e. The number of hydrogen-bond acceptors (Lipinski definition) is 6. The van der Waals surface area contributed by atoms with E-state index < -0.39 is 0 Å². The molecule has 1 N–H and O–H groups in total. The van der Waals surface area contributed by atoms with Crippen molar-refractivity contribution in [2.75, 3.05) is 17.9 Å². The molecule has 0 fully saturated rings. The van der Waals surface area contributed by atoms with Crippen LogP contribution < -0.4 is 14.8 Å². The van der Waals surface area contributed by atoms with Gasteiger partial charge in [0.2, 0.25) is 12.7 Å². The summed E-state index contributed by atoms with van der Waals surface area (Å²) in [6.45, 7) is 0.202. The minimum atomic E-state index is -0.128. The van der Waals surface area contributed by atoms with E-state index in [-0.39, 0.29) is 18.5 Å². The molecular formula is C23H17N3O3S. The van der Waals surface area contributed by atoms with Crippen LogP contribution in [-0.2, 0) is 4.79 Å². The number of hydrogen-bond donors (Lipinski definition) is 1. The van der Waals surface area contributed by atoms with Gasteiger partial charge in [-0.15, -0.1) is 10.2 Å². The Hall–Kier alpha value is -3.58. The van der Waals surface area contributed by atoms with E-state index >= 15 is 0 Å². The molecule has 6 nitrogen and oxygen atoms in total. The van der Waals surface area contributed by atoms with Crippen molar-refractivity contribution >= 4 is 34.1 Å². The van der Waals surface area contributed by atoms with Crippen LogP contribution in [0.25, 0.3) is 22.0 Å². The highest BCUT2D eigenvalue weighted by Gasteiger charge is 2.15. The lowest BCUT2D eigenvalue weighted by atomic mass is 10.1. The van der Waals surface area contributed by atoms with Crippen molar-refractivity contribution in [3.63, 3.8) is 0 Å². The van der Waals surface area contributed by atoms with Gasteiger partial charge in [0.05, 0.1) is 5.75 Å². The third kappa shape index (κ3) is 3.67. The summed E-state index contributed by atoms with van der Waals surface area (Å²) in [4.78, 5) is 12.5. The molecule has 0 radical (unpaired) electrons. The van der Waals surface area contributed by atoms with Crippen molar-refractivity contribution in [2.24, 2.45) is 0 Å². The first kappa shape index (κ1) is 18.4. The summed E-state index contributed by atoms with van der Waals surface area (Å²) in [5, 5.41) is 14.5. The molecule has 3 aromatic carbocycles. The van der Waals surface area contributed by atoms with Crippen molar-refractivity contribution in [3.8, 4) is 22.8 Å². The van der Waals surface area contributed by atoms with Crippen molar-refractivity contribution < 1.29 is 14.3 Å². The van der Waals surface area contributed by atoms with E-state index in [2.05, 4.69) is 15.5 Å². The van der Waals surface area contributed by atoms with Crippen LogP contribution in [0.3, 0.4) is 0 Å². The highest BCUT2D eigenvalue weighted by atomic mass is 32.2. The molecule has 148 valence electrons. The lowest BCUT2D eigenvalue weighted by molar-refractivity contribution is -0.113. The molecule has 1 aliphatic heterocycles. The number of rotatable bonds is 5. The summed E-state index contributed by atoms with van der Waals surface area (Å²) in [7, 11) is 0. The van der Waals surface area contributed by atoms with Crippen LogP contribution >= 0.6 is 11.8 Å². The molecule has 1 aromatic heterocycles. The van der Waals surface area contributed by atoms with Gasteiger partial charge in [0.1, 0.15) is 10.7 Å². The molecule has 0 unspecified atom stereocenters. The average Bonchev–Trinajstić information content (AvgIpc) is 3.26. The zero-order valence-electron chi connectivity index (χ0n) is 15.9. The molecule has 1 amide bonds. The van der Waals surface area contributed by atoms with Gasteiger partial charge in [0, 0.05) is 28.1 Å². The number of ether oxygens (including phenoxy) is 2. The van der Waals surface area contributed by atoms with Crippen LogP contribution in [-0.4, -0.2) is 28.7 Å². The highest BCUT2D eigenvalue weighted by molar-refractivity contribution is 8.00. The van der Waals surface area contributed by atoms with Gasteiger partial charge in [0.15, 0.2) is 11.5 Å². The predicted molar refractivity (Wildman–Crippen MR) is 117 cm³/mol. The van der Waals surface area contributed by atoms with Gasteiger partial charge in [-0.1, -0.05) is 66.4 Å². The van der Waals surface area contributed by atoms with E-state index in [0.29, 0.717) is 17.2 Å². The van der Waals surface area contributed by atoms with Gasteiger partial charge in [0.25, 0.3) is 0 Å². The second kappa shape index (κ2) is 8.04. The van der Waals surface area contributed by atoms with E-state index in [1.807, 2.05) is 54.6 Å². The van der Waals surface area contributed by atoms with Gasteiger partial charge >= 0.3 is 0 Å². The number of anilines is 1. The molecule has 0 aliphatic carbocycles. The highest BCUT2D eigenvalue weighted by Crippen LogP contribution is 2.35. The van der Waals surface area contributed by atoms with E-state index in [0.717, 1.165) is 27.1 Å². The van der Waals surface area contributed by atoms with Crippen LogP contribution in [0.15, 0.2) is 77.8 Å². The molecule has 1 aliphatic rings. The van der Waals surface area contributed by atoms with Crippen LogP contribution in [0.1, 0.15) is 0 Å². The number of thioether (sulfide) groups is 1. The zero-order valence-corrected chi connectivity index (χ0v) is 16.7. The van der Waals surface area contributed by atoms with Crippen molar-refractivity contribution in [2.45, 2.75) is 5.03 Å². The second-order valence-electron chi connectivity index (χ2n) is 6.67. The van der Waals surface area contributed by atoms with E-state index in [1.165, 1.54) is 11.8 Å². The number of aromatic nitrogens is 2. The molecule has 30 heavy (non-hydrogen) atoms. The number of amides is 1. The minimum absolute atomic E-state index is 0.128. The zero-order chi connectivity index (χ0) is 20.3. The summed E-state index contributed by atoms with van der Waals surface area (Å²) in [5.41, 5.74) is 2.51. The van der Waals surface area contributed by atoms with Gasteiger partial charge in [-0.05, 0) is 12.1 Å². The average molecular weight is 415 g/mol. The van der Waals surface area contributed by atoms with Gasteiger partial charge in [-0.2, -0.15) is 0 Å². The molecule has 0 saturated heterocycles. The maximum atomic E-state index is 12.5. The minimum Gasteiger partial charge on any atom is -0.454 e. The lowest BCUT2D eigenvalue weighted by Crippen LogP contribution is -2.14. The SMILES string of the molecule is O=C(CSc1nnc(-c2ccccc2)c2ccccc12)Nc1ccc2c(c1)OCO2. The topological polar surface area (TPSA) is 73.3 Å². The maximum Gasteiger partial charge on any atom is 0.234 e. The van der Waals surface area contributed by atoms with Gasteiger partial charge in [-0.3, -0.25) is 4.79 Å². The third-order valence-corrected chi connectivity index (χ3v) is 5.68. The van der Waals surface area contributed by atoms with Crippen molar-refractivity contribution in [1.82, 2.24) is 10.2 Å². The number of carbonyl (C=O) groups is 1. The number of nitrogens with zero attached hydrogens (tertiary/aromatic N) is 2. The number of nitrogens with one attached hydrogen (secondary N) is 1. The molecule has 0 atom stereocenters.